The van der Waals surface area contributed by atoms with Crippen LogP contribution in [0.3, 0.4) is 0 Å². The van der Waals surface area contributed by atoms with Gasteiger partial charge in [0.25, 0.3) is 0 Å². The second-order valence-corrected chi connectivity index (χ2v) is 4.99. The molecular formula is C15H22N2O2. The van der Waals surface area contributed by atoms with Crippen LogP contribution in [0, 0.1) is 0 Å². The van der Waals surface area contributed by atoms with Gasteiger partial charge in [-0.15, -0.1) is 0 Å². The molecule has 0 fully saturated rings. The van der Waals surface area contributed by atoms with Gasteiger partial charge in [-0.3, -0.25) is 4.79 Å². The van der Waals surface area contributed by atoms with Gasteiger partial charge in [0, 0.05) is 19.3 Å². The molecule has 0 saturated carbocycles. The first kappa shape index (κ1) is 14.0. The predicted octanol–water partition coefficient (Wildman–Crippen LogP) is 1.72. The van der Waals surface area contributed by atoms with E-state index in [1.165, 1.54) is 12.0 Å². The maximum absolute atomic E-state index is 12.4. The number of carbonyl (C=O) groups is 1. The monoisotopic (exact) mass is 262 g/mol. The van der Waals surface area contributed by atoms with E-state index in [1.807, 2.05) is 23.1 Å². The summed E-state index contributed by atoms with van der Waals surface area (Å²) >= 11 is 0. The number of nitrogens with two attached hydrogens (primary N) is 1. The summed E-state index contributed by atoms with van der Waals surface area (Å²) < 4.78 is 4.99. The number of hydrogen-bond donors (Lipinski definition) is 1. The fourth-order valence-electron chi connectivity index (χ4n) is 2.55. The number of benzene rings is 1. The van der Waals surface area contributed by atoms with Gasteiger partial charge in [-0.2, -0.15) is 0 Å². The zero-order valence-electron chi connectivity index (χ0n) is 11.5. The zero-order valence-corrected chi connectivity index (χ0v) is 11.5. The normalized spacial score (nSPS) is 17.3. The summed E-state index contributed by atoms with van der Waals surface area (Å²) in [7, 11) is 1.56. The third kappa shape index (κ3) is 3.33. The van der Waals surface area contributed by atoms with Crippen LogP contribution >= 0.6 is 0 Å². The van der Waals surface area contributed by atoms with Crippen LogP contribution < -0.4 is 10.6 Å². The van der Waals surface area contributed by atoms with Crippen molar-refractivity contribution < 1.29 is 9.53 Å². The minimum atomic E-state index is -0.586. The summed E-state index contributed by atoms with van der Waals surface area (Å²) in [5, 5.41) is 0. The summed E-state index contributed by atoms with van der Waals surface area (Å²) in [5.74, 6) is -0.0452. The highest BCUT2D eigenvalue weighted by Crippen LogP contribution is 2.26. The molecule has 0 bridgehead atoms. The number of amides is 1. The van der Waals surface area contributed by atoms with Crippen LogP contribution in [0.4, 0.5) is 5.69 Å². The predicted molar refractivity (Wildman–Crippen MR) is 76.2 cm³/mol. The number of para-hydroxylation sites is 1. The molecule has 0 radical (unpaired) electrons. The number of anilines is 1. The second-order valence-electron chi connectivity index (χ2n) is 4.99. The van der Waals surface area contributed by atoms with Gasteiger partial charge in [0.2, 0.25) is 5.91 Å². The highest BCUT2D eigenvalue weighted by molar-refractivity contribution is 5.97. The maximum atomic E-state index is 12.4. The summed E-state index contributed by atoms with van der Waals surface area (Å²) in [5.41, 5.74) is 8.14. The van der Waals surface area contributed by atoms with Crippen molar-refractivity contribution in [3.05, 3.63) is 29.8 Å². The largest absolute Gasteiger partial charge is 0.383 e. The molecule has 4 heteroatoms. The van der Waals surface area contributed by atoms with Gasteiger partial charge in [0.1, 0.15) is 6.04 Å². The number of ether oxygens (including phenoxy) is 1. The Morgan fingerprint density at radius 2 is 2.16 bits per heavy atom. The molecule has 1 heterocycles. The van der Waals surface area contributed by atoms with Crippen LogP contribution in [0.2, 0.25) is 0 Å². The standard InChI is InChI=1S/C15H22N2O2/c1-19-11-13(16)15(18)17-10-6-2-3-7-12-8-4-5-9-14(12)17/h4-5,8-9,13H,2-3,6-7,10-11,16H2,1H3. The topological polar surface area (TPSA) is 55.6 Å². The molecule has 0 aliphatic carbocycles. The van der Waals surface area contributed by atoms with Crippen molar-refractivity contribution >= 4 is 11.6 Å². The first-order valence-electron chi connectivity index (χ1n) is 6.88. The number of aryl methyl sites for hydroxylation is 1. The Morgan fingerprint density at radius 1 is 1.37 bits per heavy atom. The summed E-state index contributed by atoms with van der Waals surface area (Å²) in [6.45, 7) is 1.00. The van der Waals surface area contributed by atoms with E-state index < -0.39 is 6.04 Å². The van der Waals surface area contributed by atoms with Crippen molar-refractivity contribution in [2.24, 2.45) is 5.73 Å². The Hall–Kier alpha value is -1.39. The van der Waals surface area contributed by atoms with Gasteiger partial charge in [-0.1, -0.05) is 24.6 Å². The third-order valence-corrected chi connectivity index (χ3v) is 3.54. The number of rotatable bonds is 3. The van der Waals surface area contributed by atoms with Crippen molar-refractivity contribution in [3.63, 3.8) is 0 Å². The van der Waals surface area contributed by atoms with E-state index in [0.29, 0.717) is 0 Å². The lowest BCUT2D eigenvalue weighted by atomic mass is 10.0. The maximum Gasteiger partial charge on any atom is 0.246 e. The number of carbonyl (C=O) groups excluding carboxylic acids is 1. The average molecular weight is 262 g/mol. The Balaban J connectivity index is 2.26. The highest BCUT2D eigenvalue weighted by Gasteiger charge is 2.24. The minimum Gasteiger partial charge on any atom is -0.383 e. The summed E-state index contributed by atoms with van der Waals surface area (Å²) in [4.78, 5) is 14.3. The van der Waals surface area contributed by atoms with Crippen molar-refractivity contribution in [1.82, 2.24) is 0 Å². The average Bonchev–Trinajstić information content (AvgIpc) is 2.39. The van der Waals surface area contributed by atoms with E-state index in [0.717, 1.165) is 31.5 Å². The Bertz CT molecular complexity index is 434. The third-order valence-electron chi connectivity index (χ3n) is 3.54. The molecule has 104 valence electrons. The summed E-state index contributed by atoms with van der Waals surface area (Å²) in [6, 6.07) is 7.53. The minimum absolute atomic E-state index is 0.0452. The smallest absolute Gasteiger partial charge is 0.246 e. The van der Waals surface area contributed by atoms with Gasteiger partial charge in [-0.05, 0) is 30.9 Å². The van der Waals surface area contributed by atoms with Gasteiger partial charge in [0.05, 0.1) is 6.61 Å². The number of hydrogen-bond acceptors (Lipinski definition) is 3. The van der Waals surface area contributed by atoms with Crippen molar-refractivity contribution in [3.8, 4) is 0 Å². The summed E-state index contributed by atoms with van der Waals surface area (Å²) in [6.07, 6.45) is 4.39. The molecule has 1 aliphatic rings. The van der Waals surface area contributed by atoms with Gasteiger partial charge in [-0.25, -0.2) is 0 Å². The molecule has 2 rings (SSSR count). The molecule has 1 atom stereocenters. The molecule has 19 heavy (non-hydrogen) atoms. The molecule has 4 nitrogen and oxygen atoms in total. The Labute approximate surface area is 114 Å². The fourth-order valence-corrected chi connectivity index (χ4v) is 2.55. The molecule has 0 spiro atoms. The van der Waals surface area contributed by atoms with Gasteiger partial charge >= 0.3 is 0 Å². The Kier molecular flexibility index (Phi) is 4.93. The first-order valence-corrected chi connectivity index (χ1v) is 6.88. The number of methoxy groups -OCH3 is 1. The molecule has 2 N–H and O–H groups in total. The lowest BCUT2D eigenvalue weighted by Crippen LogP contribution is -2.47. The van der Waals surface area contributed by atoms with E-state index in [9.17, 15) is 4.79 Å². The van der Waals surface area contributed by atoms with Gasteiger partial charge < -0.3 is 15.4 Å². The quantitative estimate of drug-likeness (QED) is 0.902. The molecule has 1 aromatic carbocycles. The van der Waals surface area contributed by atoms with Crippen LogP contribution in [-0.4, -0.2) is 32.2 Å². The number of fused-ring (bicyclic) bond motifs is 1. The van der Waals surface area contributed by atoms with Crippen molar-refractivity contribution in [1.29, 1.82) is 0 Å². The lowest BCUT2D eigenvalue weighted by molar-refractivity contribution is -0.120. The molecule has 1 aliphatic heterocycles. The number of nitrogens with zero attached hydrogens (tertiary/aromatic N) is 1. The Morgan fingerprint density at radius 3 is 2.95 bits per heavy atom. The van der Waals surface area contributed by atoms with Crippen LogP contribution in [0.5, 0.6) is 0 Å². The van der Waals surface area contributed by atoms with E-state index in [1.54, 1.807) is 7.11 Å². The SMILES string of the molecule is COCC(N)C(=O)N1CCCCCc2ccccc21. The van der Waals surface area contributed by atoms with Crippen LogP contribution in [0.15, 0.2) is 24.3 Å². The van der Waals surface area contributed by atoms with Gasteiger partial charge in [0.15, 0.2) is 0 Å². The second kappa shape index (κ2) is 6.68. The molecule has 1 aromatic rings. The van der Waals surface area contributed by atoms with Crippen LogP contribution in [-0.2, 0) is 16.0 Å². The fraction of sp³-hybridized carbons (Fsp3) is 0.533. The van der Waals surface area contributed by atoms with E-state index in [4.69, 9.17) is 10.5 Å². The van der Waals surface area contributed by atoms with E-state index in [-0.39, 0.29) is 12.5 Å². The van der Waals surface area contributed by atoms with Crippen LogP contribution in [0.25, 0.3) is 0 Å². The van der Waals surface area contributed by atoms with Crippen LogP contribution in [0.1, 0.15) is 24.8 Å². The highest BCUT2D eigenvalue weighted by atomic mass is 16.5. The molecule has 0 aromatic heterocycles. The van der Waals surface area contributed by atoms with Crippen molar-refractivity contribution in [2.45, 2.75) is 31.7 Å². The molecule has 1 unspecified atom stereocenters. The van der Waals surface area contributed by atoms with Crippen molar-refractivity contribution in [2.75, 3.05) is 25.2 Å². The lowest BCUT2D eigenvalue weighted by Gasteiger charge is -2.29. The molecule has 0 saturated heterocycles. The first-order chi connectivity index (χ1) is 9.24. The molecule has 1 amide bonds. The van der Waals surface area contributed by atoms with E-state index >= 15 is 0 Å². The van der Waals surface area contributed by atoms with E-state index in [2.05, 4.69) is 6.07 Å². The zero-order chi connectivity index (χ0) is 13.7. The molecular weight excluding hydrogens is 240 g/mol.